The van der Waals surface area contributed by atoms with E-state index in [0.29, 0.717) is 17.6 Å². The topological polar surface area (TPSA) is 41.9 Å². The van der Waals surface area contributed by atoms with Crippen molar-refractivity contribution in [2.75, 3.05) is 32.8 Å². The van der Waals surface area contributed by atoms with Gasteiger partial charge in [-0.2, -0.15) is 0 Å². The number of para-hydroxylation sites is 1. The molecule has 4 saturated carbocycles. The minimum absolute atomic E-state index is 0.0281. The summed E-state index contributed by atoms with van der Waals surface area (Å²) in [6.45, 7) is 5.30. The second-order valence-electron chi connectivity index (χ2n) is 12.1. The van der Waals surface area contributed by atoms with Crippen molar-refractivity contribution in [1.29, 1.82) is 0 Å². The molecule has 6 aliphatic rings. The van der Waals surface area contributed by atoms with Crippen LogP contribution in [0.25, 0.3) is 0 Å². The maximum atomic E-state index is 10.7. The number of ether oxygens (including phenoxy) is 2. The van der Waals surface area contributed by atoms with E-state index in [1.165, 1.54) is 56.3 Å². The Morgan fingerprint density at radius 2 is 1.91 bits per heavy atom. The lowest BCUT2D eigenvalue weighted by molar-refractivity contribution is -0.190. The van der Waals surface area contributed by atoms with E-state index in [-0.39, 0.29) is 16.9 Å². The van der Waals surface area contributed by atoms with Gasteiger partial charge in [-0.3, -0.25) is 0 Å². The van der Waals surface area contributed by atoms with Crippen LogP contribution in [0.4, 0.5) is 0 Å². The van der Waals surface area contributed by atoms with Crippen molar-refractivity contribution in [1.82, 2.24) is 4.90 Å². The number of benzene rings is 2. The Bertz CT molecular complexity index is 1070. The quantitative estimate of drug-likeness (QED) is 0.509. The van der Waals surface area contributed by atoms with Gasteiger partial charge in [0.25, 0.3) is 0 Å². The number of phenols is 1. The van der Waals surface area contributed by atoms with E-state index < -0.39 is 0 Å². The summed E-state index contributed by atoms with van der Waals surface area (Å²) in [6.07, 6.45) is 10.1. The van der Waals surface area contributed by atoms with Gasteiger partial charge in [-0.05, 0) is 87.3 Å². The molecule has 2 heterocycles. The predicted octanol–water partition coefficient (Wildman–Crippen LogP) is 5.57. The van der Waals surface area contributed by atoms with Crippen LogP contribution in [0.1, 0.15) is 56.1 Å². The van der Waals surface area contributed by atoms with Crippen LogP contribution >= 0.6 is 0 Å². The average molecular weight is 474 g/mol. The van der Waals surface area contributed by atoms with Crippen molar-refractivity contribution in [2.45, 2.75) is 62.9 Å². The summed E-state index contributed by atoms with van der Waals surface area (Å²) in [4.78, 5) is 2.79. The molecule has 1 N–H and O–H groups in total. The van der Waals surface area contributed by atoms with Gasteiger partial charge >= 0.3 is 0 Å². The fourth-order valence-electron chi connectivity index (χ4n) is 8.63. The van der Waals surface area contributed by atoms with Gasteiger partial charge in [0.15, 0.2) is 11.5 Å². The lowest BCUT2D eigenvalue weighted by Crippen LogP contribution is -2.72. The molecule has 2 aromatic carbocycles. The normalized spacial score (nSPS) is 35.3. The zero-order chi connectivity index (χ0) is 23.5. The summed E-state index contributed by atoms with van der Waals surface area (Å²) in [6, 6.07) is 16.9. The summed E-state index contributed by atoms with van der Waals surface area (Å²) < 4.78 is 13.2. The Labute approximate surface area is 209 Å². The molecule has 4 heteroatoms. The summed E-state index contributed by atoms with van der Waals surface area (Å²) >= 11 is 0. The van der Waals surface area contributed by atoms with Gasteiger partial charge < -0.3 is 19.5 Å². The van der Waals surface area contributed by atoms with Gasteiger partial charge in [-0.1, -0.05) is 42.5 Å². The monoisotopic (exact) mass is 473 g/mol. The van der Waals surface area contributed by atoms with Gasteiger partial charge in [0.2, 0.25) is 0 Å². The van der Waals surface area contributed by atoms with Crippen LogP contribution in [-0.2, 0) is 16.6 Å². The van der Waals surface area contributed by atoms with E-state index in [9.17, 15) is 5.11 Å². The van der Waals surface area contributed by atoms with Crippen molar-refractivity contribution in [3.8, 4) is 11.5 Å². The molecule has 0 aromatic heterocycles. The lowest BCUT2D eigenvalue weighted by atomic mass is 9.39. The Balaban J connectivity index is 1.15. The second kappa shape index (κ2) is 8.52. The van der Waals surface area contributed by atoms with Crippen LogP contribution in [0.3, 0.4) is 0 Å². The van der Waals surface area contributed by atoms with Crippen LogP contribution in [0, 0.1) is 23.2 Å². The molecule has 2 spiro atoms. The van der Waals surface area contributed by atoms with Gasteiger partial charge in [0, 0.05) is 36.1 Å². The Morgan fingerprint density at radius 3 is 2.77 bits per heavy atom. The third-order valence-electron chi connectivity index (χ3n) is 10.3. The number of likely N-dealkylation sites (tertiary alicyclic amines) is 1. The molecule has 4 aliphatic carbocycles. The molecule has 4 nitrogen and oxygen atoms in total. The molecule has 35 heavy (non-hydrogen) atoms. The van der Waals surface area contributed by atoms with Crippen molar-refractivity contribution in [2.24, 2.45) is 23.2 Å². The fourth-order valence-corrected chi connectivity index (χ4v) is 8.63. The Kier molecular flexibility index (Phi) is 5.40. The van der Waals surface area contributed by atoms with E-state index in [4.69, 9.17) is 9.47 Å². The molecule has 2 aliphatic heterocycles. The lowest BCUT2D eigenvalue weighted by Gasteiger charge is -2.67. The van der Waals surface area contributed by atoms with Crippen LogP contribution in [0.15, 0.2) is 48.5 Å². The van der Waals surface area contributed by atoms with Crippen molar-refractivity contribution in [3.05, 3.63) is 59.7 Å². The number of phenolic OH excluding ortho intramolecular Hbond substituents is 1. The highest BCUT2D eigenvalue weighted by molar-refractivity contribution is 5.56. The summed E-state index contributed by atoms with van der Waals surface area (Å²) in [7, 11) is 0. The first-order valence-electron chi connectivity index (χ1n) is 14.0. The molecule has 5 unspecified atom stereocenters. The number of nitrogens with zero attached hydrogens (tertiary/aromatic N) is 1. The maximum Gasteiger partial charge on any atom is 0.165 e. The predicted molar refractivity (Wildman–Crippen MR) is 137 cm³/mol. The molecular formula is C31H39NO3. The number of piperidine rings is 1. The van der Waals surface area contributed by atoms with E-state index in [1.807, 2.05) is 6.07 Å². The fraction of sp³-hybridized carbons (Fsp3) is 0.613. The van der Waals surface area contributed by atoms with Crippen LogP contribution in [-0.4, -0.2) is 49.0 Å². The Hall–Kier alpha value is -2.04. The average Bonchev–Trinajstić information content (AvgIpc) is 3.62. The number of hydrogen-bond acceptors (Lipinski definition) is 4. The van der Waals surface area contributed by atoms with Gasteiger partial charge in [0.05, 0.1) is 6.61 Å². The molecule has 2 aromatic rings. The smallest absolute Gasteiger partial charge is 0.165 e. The van der Waals surface area contributed by atoms with E-state index in [0.717, 1.165) is 50.7 Å². The molecule has 5 fully saturated rings. The number of fused-ring (bicyclic) bond motifs is 3. The van der Waals surface area contributed by atoms with Crippen LogP contribution < -0.4 is 4.74 Å². The number of aryl methyl sites for hydroxylation is 1. The highest BCUT2D eigenvalue weighted by Crippen LogP contribution is 2.71. The molecule has 8 rings (SSSR count). The first-order chi connectivity index (χ1) is 17.2. The molecule has 2 bridgehead atoms. The SMILES string of the molecule is Oc1cccc2c1OC1C3CCC4(CN(CC5CC5)CCC214)C(COCCCc1ccccc1)C3. The summed E-state index contributed by atoms with van der Waals surface area (Å²) in [5, 5.41) is 10.7. The summed E-state index contributed by atoms with van der Waals surface area (Å²) in [5.74, 6) is 3.16. The number of hydrogen-bond donors (Lipinski definition) is 1. The second-order valence-corrected chi connectivity index (χ2v) is 12.1. The first-order valence-corrected chi connectivity index (χ1v) is 14.0. The van der Waals surface area contributed by atoms with Gasteiger partial charge in [0.1, 0.15) is 6.10 Å². The molecular weight excluding hydrogens is 434 g/mol. The minimum Gasteiger partial charge on any atom is -0.504 e. The molecule has 1 saturated heterocycles. The Morgan fingerprint density at radius 1 is 1.03 bits per heavy atom. The molecule has 0 radical (unpaired) electrons. The summed E-state index contributed by atoms with van der Waals surface area (Å²) in [5.41, 5.74) is 2.90. The molecule has 186 valence electrons. The third-order valence-corrected chi connectivity index (χ3v) is 10.3. The van der Waals surface area contributed by atoms with Crippen molar-refractivity contribution in [3.63, 3.8) is 0 Å². The standard InChI is InChI=1S/C31H39NO3/c33-27-10-4-9-26-28(27)35-29-24-13-14-30(21-32(19-23-11-12-23)16-15-31(26,29)30)25(18-24)20-34-17-5-8-22-6-2-1-3-7-22/h1-4,6-7,9-10,23-25,29,33H,5,8,11-21H2. The van der Waals surface area contributed by atoms with Crippen LogP contribution in [0.2, 0.25) is 0 Å². The van der Waals surface area contributed by atoms with Crippen molar-refractivity contribution < 1.29 is 14.6 Å². The largest absolute Gasteiger partial charge is 0.504 e. The van der Waals surface area contributed by atoms with Crippen LogP contribution in [0.5, 0.6) is 11.5 Å². The highest BCUT2D eigenvalue weighted by atomic mass is 16.5. The van der Waals surface area contributed by atoms with Gasteiger partial charge in [-0.15, -0.1) is 0 Å². The zero-order valence-corrected chi connectivity index (χ0v) is 20.8. The van der Waals surface area contributed by atoms with E-state index >= 15 is 0 Å². The number of rotatable bonds is 8. The zero-order valence-electron chi connectivity index (χ0n) is 20.8. The van der Waals surface area contributed by atoms with E-state index in [1.54, 1.807) is 6.07 Å². The minimum atomic E-state index is 0.0281. The number of aromatic hydroxyl groups is 1. The maximum absolute atomic E-state index is 10.7. The molecule has 5 atom stereocenters. The molecule has 0 amide bonds. The van der Waals surface area contributed by atoms with Gasteiger partial charge in [-0.25, -0.2) is 0 Å². The first kappa shape index (κ1) is 22.2. The third kappa shape index (κ3) is 3.47. The van der Waals surface area contributed by atoms with Crippen molar-refractivity contribution >= 4 is 0 Å². The highest BCUT2D eigenvalue weighted by Gasteiger charge is 2.72. The van der Waals surface area contributed by atoms with E-state index in [2.05, 4.69) is 41.3 Å².